The largest absolute Gasteiger partial charge is 0.468 e. The van der Waals surface area contributed by atoms with Crippen LogP contribution < -0.4 is 5.73 Å². The standard InChI is InChI=1S/C15H18FNOS/c1-3-13(17)15(11-6-4-5-7-12(11)16)19-14-8-9-18-10(14)2/h4-9,13,15H,3,17H2,1-2H3. The van der Waals surface area contributed by atoms with Crippen molar-refractivity contribution in [1.29, 1.82) is 0 Å². The second kappa shape index (κ2) is 6.26. The molecule has 1 aromatic heterocycles. The van der Waals surface area contributed by atoms with Crippen LogP contribution in [0, 0.1) is 12.7 Å². The number of nitrogens with two attached hydrogens (primary N) is 1. The summed E-state index contributed by atoms with van der Waals surface area (Å²) in [7, 11) is 0. The Morgan fingerprint density at radius 2 is 2.05 bits per heavy atom. The third kappa shape index (κ3) is 3.19. The van der Waals surface area contributed by atoms with Crippen LogP contribution in [0.3, 0.4) is 0 Å². The maximum Gasteiger partial charge on any atom is 0.127 e. The third-order valence-corrected chi connectivity index (χ3v) is 4.67. The Balaban J connectivity index is 2.32. The van der Waals surface area contributed by atoms with Crippen molar-refractivity contribution in [3.63, 3.8) is 0 Å². The van der Waals surface area contributed by atoms with Gasteiger partial charge in [-0.3, -0.25) is 0 Å². The van der Waals surface area contributed by atoms with Gasteiger partial charge in [0.05, 0.1) is 11.5 Å². The second-order valence-electron chi connectivity index (χ2n) is 4.47. The summed E-state index contributed by atoms with van der Waals surface area (Å²) in [6.45, 7) is 3.92. The summed E-state index contributed by atoms with van der Waals surface area (Å²) < 4.78 is 19.3. The molecule has 19 heavy (non-hydrogen) atoms. The van der Waals surface area contributed by atoms with Crippen LogP contribution in [-0.4, -0.2) is 6.04 Å². The van der Waals surface area contributed by atoms with Crippen molar-refractivity contribution >= 4 is 11.8 Å². The smallest absolute Gasteiger partial charge is 0.127 e. The van der Waals surface area contributed by atoms with Crippen LogP contribution in [0.5, 0.6) is 0 Å². The van der Waals surface area contributed by atoms with E-state index in [0.717, 1.165) is 17.1 Å². The number of benzene rings is 1. The summed E-state index contributed by atoms with van der Waals surface area (Å²) >= 11 is 1.56. The molecular weight excluding hydrogens is 261 g/mol. The Morgan fingerprint density at radius 3 is 2.63 bits per heavy atom. The Labute approximate surface area is 117 Å². The zero-order valence-electron chi connectivity index (χ0n) is 11.1. The van der Waals surface area contributed by atoms with Crippen LogP contribution in [0.4, 0.5) is 4.39 Å². The van der Waals surface area contributed by atoms with Gasteiger partial charge in [0, 0.05) is 16.5 Å². The predicted octanol–water partition coefficient (Wildman–Crippen LogP) is 4.30. The summed E-state index contributed by atoms with van der Waals surface area (Å²) in [6.07, 6.45) is 2.44. The first-order chi connectivity index (χ1) is 9.13. The lowest BCUT2D eigenvalue weighted by atomic mass is 10.0. The fourth-order valence-electron chi connectivity index (χ4n) is 1.93. The Kier molecular flexibility index (Phi) is 4.66. The van der Waals surface area contributed by atoms with Crippen molar-refractivity contribution < 1.29 is 8.81 Å². The average Bonchev–Trinajstić information content (AvgIpc) is 2.81. The van der Waals surface area contributed by atoms with E-state index in [1.807, 2.05) is 26.0 Å². The van der Waals surface area contributed by atoms with E-state index in [4.69, 9.17) is 10.2 Å². The molecule has 4 heteroatoms. The molecule has 102 valence electrons. The SMILES string of the molecule is CCC(N)C(Sc1ccoc1C)c1ccccc1F. The zero-order valence-corrected chi connectivity index (χ0v) is 11.9. The minimum absolute atomic E-state index is 0.101. The average molecular weight is 279 g/mol. The van der Waals surface area contributed by atoms with Gasteiger partial charge in [-0.15, -0.1) is 11.8 Å². The highest BCUT2D eigenvalue weighted by molar-refractivity contribution is 7.99. The molecule has 1 aromatic carbocycles. The fraction of sp³-hybridized carbons (Fsp3) is 0.333. The highest BCUT2D eigenvalue weighted by atomic mass is 32.2. The van der Waals surface area contributed by atoms with E-state index in [9.17, 15) is 4.39 Å². The molecule has 2 aromatic rings. The molecule has 2 atom stereocenters. The van der Waals surface area contributed by atoms with Crippen LogP contribution in [0.2, 0.25) is 0 Å². The van der Waals surface area contributed by atoms with Gasteiger partial charge in [-0.25, -0.2) is 4.39 Å². The molecule has 0 aliphatic heterocycles. The van der Waals surface area contributed by atoms with E-state index in [-0.39, 0.29) is 17.1 Å². The summed E-state index contributed by atoms with van der Waals surface area (Å²) in [6, 6.07) is 8.62. The lowest BCUT2D eigenvalue weighted by molar-refractivity contribution is 0.526. The van der Waals surface area contributed by atoms with Crippen LogP contribution >= 0.6 is 11.8 Å². The molecular formula is C15H18FNOS. The maximum absolute atomic E-state index is 14.0. The number of aryl methyl sites for hydroxylation is 1. The fourth-order valence-corrected chi connectivity index (χ4v) is 3.24. The Bertz CT molecular complexity index is 540. The van der Waals surface area contributed by atoms with Crippen LogP contribution in [-0.2, 0) is 0 Å². The first kappa shape index (κ1) is 14.2. The molecule has 2 nitrogen and oxygen atoms in total. The lowest BCUT2D eigenvalue weighted by Crippen LogP contribution is -2.26. The highest BCUT2D eigenvalue weighted by Gasteiger charge is 2.23. The van der Waals surface area contributed by atoms with Gasteiger partial charge in [-0.1, -0.05) is 25.1 Å². The van der Waals surface area contributed by atoms with Gasteiger partial charge < -0.3 is 10.2 Å². The van der Waals surface area contributed by atoms with E-state index in [1.54, 1.807) is 30.2 Å². The molecule has 0 aliphatic carbocycles. The molecule has 1 heterocycles. The lowest BCUT2D eigenvalue weighted by Gasteiger charge is -2.23. The number of hydrogen-bond donors (Lipinski definition) is 1. The zero-order chi connectivity index (χ0) is 13.8. The molecule has 2 rings (SSSR count). The topological polar surface area (TPSA) is 39.2 Å². The maximum atomic E-state index is 14.0. The number of thioether (sulfide) groups is 1. The molecule has 0 radical (unpaired) electrons. The van der Waals surface area contributed by atoms with Crippen molar-refractivity contribution in [1.82, 2.24) is 0 Å². The van der Waals surface area contributed by atoms with Crippen LogP contribution in [0.25, 0.3) is 0 Å². The quantitative estimate of drug-likeness (QED) is 0.829. The van der Waals surface area contributed by atoms with Crippen molar-refractivity contribution in [2.75, 3.05) is 0 Å². The first-order valence-corrected chi connectivity index (χ1v) is 7.22. The van der Waals surface area contributed by atoms with Crippen LogP contribution in [0.1, 0.15) is 29.9 Å². The van der Waals surface area contributed by atoms with Gasteiger partial charge in [0.25, 0.3) is 0 Å². The van der Waals surface area contributed by atoms with Crippen molar-refractivity contribution in [3.8, 4) is 0 Å². The van der Waals surface area contributed by atoms with Gasteiger partial charge in [-0.2, -0.15) is 0 Å². The summed E-state index contributed by atoms with van der Waals surface area (Å²) in [5.41, 5.74) is 6.82. The molecule has 0 bridgehead atoms. The van der Waals surface area contributed by atoms with Crippen molar-refractivity contribution in [3.05, 3.63) is 53.7 Å². The normalized spacial score (nSPS) is 14.3. The van der Waals surface area contributed by atoms with Gasteiger partial charge in [-0.05, 0) is 25.5 Å². The summed E-state index contributed by atoms with van der Waals surface area (Å²) in [4.78, 5) is 1.01. The molecule has 2 unspecified atom stereocenters. The number of furan rings is 1. The molecule has 0 aliphatic rings. The van der Waals surface area contributed by atoms with E-state index in [1.165, 1.54) is 6.07 Å². The molecule has 0 saturated heterocycles. The molecule has 0 spiro atoms. The Morgan fingerprint density at radius 1 is 1.32 bits per heavy atom. The van der Waals surface area contributed by atoms with Gasteiger partial charge in [0.15, 0.2) is 0 Å². The molecule has 0 fully saturated rings. The summed E-state index contributed by atoms with van der Waals surface area (Å²) in [5.74, 6) is 0.639. The predicted molar refractivity (Wildman–Crippen MR) is 76.7 cm³/mol. The van der Waals surface area contributed by atoms with Gasteiger partial charge in [0.2, 0.25) is 0 Å². The van der Waals surface area contributed by atoms with E-state index < -0.39 is 0 Å². The first-order valence-electron chi connectivity index (χ1n) is 6.34. The minimum Gasteiger partial charge on any atom is -0.468 e. The van der Waals surface area contributed by atoms with Gasteiger partial charge >= 0.3 is 0 Å². The van der Waals surface area contributed by atoms with E-state index >= 15 is 0 Å². The molecule has 2 N–H and O–H groups in total. The van der Waals surface area contributed by atoms with Crippen molar-refractivity contribution in [2.45, 2.75) is 36.5 Å². The van der Waals surface area contributed by atoms with E-state index in [0.29, 0.717) is 5.56 Å². The monoisotopic (exact) mass is 279 g/mol. The highest BCUT2D eigenvalue weighted by Crippen LogP contribution is 2.40. The van der Waals surface area contributed by atoms with Crippen molar-refractivity contribution in [2.24, 2.45) is 5.73 Å². The van der Waals surface area contributed by atoms with Gasteiger partial charge in [0.1, 0.15) is 11.6 Å². The third-order valence-electron chi connectivity index (χ3n) is 3.14. The number of halogens is 1. The minimum atomic E-state index is -0.204. The molecule has 0 amide bonds. The second-order valence-corrected chi connectivity index (χ2v) is 5.66. The summed E-state index contributed by atoms with van der Waals surface area (Å²) in [5, 5.41) is -0.109. The number of hydrogen-bond acceptors (Lipinski definition) is 3. The number of rotatable bonds is 5. The van der Waals surface area contributed by atoms with Crippen LogP contribution in [0.15, 0.2) is 45.9 Å². The Hall–Kier alpha value is -1.26. The molecule has 0 saturated carbocycles. The van der Waals surface area contributed by atoms with E-state index in [2.05, 4.69) is 0 Å².